The molecule has 0 radical (unpaired) electrons. The number of nitrogen functional groups attached to an aromatic ring is 1. The molecule has 21 heavy (non-hydrogen) atoms. The van der Waals surface area contributed by atoms with Crippen molar-refractivity contribution in [2.75, 3.05) is 19.1 Å². The van der Waals surface area contributed by atoms with Gasteiger partial charge in [0.05, 0.1) is 7.11 Å². The van der Waals surface area contributed by atoms with Crippen LogP contribution in [0, 0.1) is 12.3 Å². The normalized spacial score (nSPS) is 10.2. The highest BCUT2D eigenvalue weighted by Crippen LogP contribution is 2.21. The van der Waals surface area contributed by atoms with Crippen LogP contribution in [0.3, 0.4) is 0 Å². The van der Waals surface area contributed by atoms with Crippen molar-refractivity contribution in [3.05, 3.63) is 59.2 Å². The van der Waals surface area contributed by atoms with Gasteiger partial charge in [0.15, 0.2) is 0 Å². The second-order valence-corrected chi connectivity index (χ2v) is 5.12. The van der Waals surface area contributed by atoms with Gasteiger partial charge < -0.3 is 15.4 Å². The van der Waals surface area contributed by atoms with Crippen molar-refractivity contribution in [1.82, 2.24) is 0 Å². The number of amidine groups is 1. The summed E-state index contributed by atoms with van der Waals surface area (Å²) in [6.45, 7) is 2.76. The second-order valence-electron chi connectivity index (χ2n) is 5.12. The molecule has 110 valence electrons. The topological polar surface area (TPSA) is 62.3 Å². The molecule has 0 bridgehead atoms. The minimum absolute atomic E-state index is 0.106. The Labute approximate surface area is 125 Å². The van der Waals surface area contributed by atoms with Crippen molar-refractivity contribution >= 4 is 11.5 Å². The average Bonchev–Trinajstić information content (AvgIpc) is 2.46. The van der Waals surface area contributed by atoms with E-state index in [1.807, 2.05) is 44.3 Å². The molecule has 0 heterocycles. The number of rotatable bonds is 5. The van der Waals surface area contributed by atoms with Gasteiger partial charge in [0.2, 0.25) is 0 Å². The van der Waals surface area contributed by atoms with Gasteiger partial charge in [-0.2, -0.15) is 0 Å². The highest BCUT2D eigenvalue weighted by Gasteiger charge is 2.07. The Morgan fingerprint density at radius 3 is 2.62 bits per heavy atom. The zero-order valence-corrected chi connectivity index (χ0v) is 12.7. The fourth-order valence-electron chi connectivity index (χ4n) is 2.32. The maximum atomic E-state index is 7.53. The summed E-state index contributed by atoms with van der Waals surface area (Å²) < 4.78 is 5.25. The molecule has 0 aliphatic rings. The molecule has 0 fully saturated rings. The number of ether oxygens (including phenoxy) is 1. The van der Waals surface area contributed by atoms with Crippen molar-refractivity contribution < 1.29 is 4.74 Å². The van der Waals surface area contributed by atoms with Crippen LogP contribution in [0.5, 0.6) is 5.75 Å². The predicted octanol–water partition coefficient (Wildman–Crippen LogP) is 2.92. The quantitative estimate of drug-likeness (QED) is 0.655. The maximum absolute atomic E-state index is 7.53. The SMILES string of the molecule is COc1cccc(CN(C)c2ccc(C(=N)N)c(C)c2)c1. The number of nitrogens with one attached hydrogen (secondary N) is 1. The number of methoxy groups -OCH3 is 1. The van der Waals surface area contributed by atoms with E-state index in [4.69, 9.17) is 15.9 Å². The third-order valence-electron chi connectivity index (χ3n) is 3.49. The van der Waals surface area contributed by atoms with Crippen LogP contribution in [-0.4, -0.2) is 20.0 Å². The second kappa shape index (κ2) is 6.31. The molecule has 2 aromatic carbocycles. The summed E-state index contributed by atoms with van der Waals surface area (Å²) in [7, 11) is 3.72. The van der Waals surface area contributed by atoms with Gasteiger partial charge in [0.25, 0.3) is 0 Å². The standard InChI is InChI=1S/C17H21N3O/c1-12-9-14(7-8-16(12)17(18)19)20(2)11-13-5-4-6-15(10-13)21-3/h4-10H,11H2,1-3H3,(H3,18,19). The molecule has 0 amide bonds. The molecular formula is C17H21N3O. The highest BCUT2D eigenvalue weighted by atomic mass is 16.5. The van der Waals surface area contributed by atoms with E-state index in [1.54, 1.807) is 7.11 Å². The first kappa shape index (κ1) is 14.9. The Hall–Kier alpha value is -2.49. The zero-order chi connectivity index (χ0) is 15.4. The zero-order valence-electron chi connectivity index (χ0n) is 12.7. The van der Waals surface area contributed by atoms with Gasteiger partial charge in [-0.1, -0.05) is 12.1 Å². The predicted molar refractivity (Wildman–Crippen MR) is 87.3 cm³/mol. The number of aryl methyl sites for hydroxylation is 1. The van der Waals surface area contributed by atoms with Gasteiger partial charge in [-0.05, 0) is 48.4 Å². The molecular weight excluding hydrogens is 262 g/mol. The minimum atomic E-state index is 0.106. The molecule has 0 aliphatic heterocycles. The molecule has 3 N–H and O–H groups in total. The number of nitrogens with two attached hydrogens (primary N) is 1. The van der Waals surface area contributed by atoms with Gasteiger partial charge >= 0.3 is 0 Å². The van der Waals surface area contributed by atoms with E-state index in [-0.39, 0.29) is 5.84 Å². The van der Waals surface area contributed by atoms with E-state index in [2.05, 4.69) is 17.0 Å². The van der Waals surface area contributed by atoms with Crippen LogP contribution in [-0.2, 0) is 6.54 Å². The highest BCUT2D eigenvalue weighted by molar-refractivity contribution is 5.96. The lowest BCUT2D eigenvalue weighted by atomic mass is 10.1. The average molecular weight is 283 g/mol. The first-order valence-electron chi connectivity index (χ1n) is 6.80. The van der Waals surface area contributed by atoms with Crippen molar-refractivity contribution in [3.63, 3.8) is 0 Å². The lowest BCUT2D eigenvalue weighted by Gasteiger charge is -2.21. The summed E-state index contributed by atoms with van der Waals surface area (Å²) in [5.41, 5.74) is 9.63. The Kier molecular flexibility index (Phi) is 4.48. The Morgan fingerprint density at radius 1 is 1.24 bits per heavy atom. The number of benzene rings is 2. The molecule has 0 aliphatic carbocycles. The third kappa shape index (κ3) is 3.54. The molecule has 4 nitrogen and oxygen atoms in total. The van der Waals surface area contributed by atoms with E-state index in [0.29, 0.717) is 0 Å². The number of anilines is 1. The van der Waals surface area contributed by atoms with Crippen LogP contribution in [0.15, 0.2) is 42.5 Å². The van der Waals surface area contributed by atoms with E-state index < -0.39 is 0 Å². The summed E-state index contributed by atoms with van der Waals surface area (Å²) >= 11 is 0. The first-order valence-corrected chi connectivity index (χ1v) is 6.80. The summed E-state index contributed by atoms with van der Waals surface area (Å²) in [5.74, 6) is 0.971. The summed E-state index contributed by atoms with van der Waals surface area (Å²) in [6.07, 6.45) is 0. The molecule has 0 atom stereocenters. The lowest BCUT2D eigenvalue weighted by Crippen LogP contribution is -2.18. The number of nitrogens with zero attached hydrogens (tertiary/aromatic N) is 1. The number of hydrogen-bond acceptors (Lipinski definition) is 3. The van der Waals surface area contributed by atoms with E-state index in [9.17, 15) is 0 Å². The van der Waals surface area contributed by atoms with Gasteiger partial charge in [-0.15, -0.1) is 0 Å². The Balaban J connectivity index is 2.18. The molecule has 0 aromatic heterocycles. The number of hydrogen-bond donors (Lipinski definition) is 2. The van der Waals surface area contributed by atoms with Crippen molar-refractivity contribution in [2.24, 2.45) is 5.73 Å². The molecule has 0 unspecified atom stereocenters. The maximum Gasteiger partial charge on any atom is 0.123 e. The largest absolute Gasteiger partial charge is 0.497 e. The molecule has 4 heteroatoms. The van der Waals surface area contributed by atoms with Crippen LogP contribution in [0.1, 0.15) is 16.7 Å². The fourth-order valence-corrected chi connectivity index (χ4v) is 2.32. The van der Waals surface area contributed by atoms with Crippen molar-refractivity contribution in [2.45, 2.75) is 13.5 Å². The van der Waals surface area contributed by atoms with Gasteiger partial charge in [-0.25, -0.2) is 0 Å². The van der Waals surface area contributed by atoms with Crippen LogP contribution in [0.25, 0.3) is 0 Å². The van der Waals surface area contributed by atoms with E-state index in [1.165, 1.54) is 5.56 Å². The van der Waals surface area contributed by atoms with Crippen LogP contribution in [0.4, 0.5) is 5.69 Å². The van der Waals surface area contributed by atoms with Crippen LogP contribution < -0.4 is 15.4 Å². The summed E-state index contributed by atoms with van der Waals surface area (Å²) in [4.78, 5) is 2.16. The Bertz CT molecular complexity index is 652. The minimum Gasteiger partial charge on any atom is -0.497 e. The molecule has 0 saturated carbocycles. The van der Waals surface area contributed by atoms with Crippen LogP contribution >= 0.6 is 0 Å². The van der Waals surface area contributed by atoms with Gasteiger partial charge in [0.1, 0.15) is 11.6 Å². The van der Waals surface area contributed by atoms with Crippen LogP contribution in [0.2, 0.25) is 0 Å². The fraction of sp³-hybridized carbons (Fsp3) is 0.235. The molecule has 2 aromatic rings. The monoisotopic (exact) mass is 283 g/mol. The van der Waals surface area contributed by atoms with Gasteiger partial charge in [-0.3, -0.25) is 5.41 Å². The van der Waals surface area contributed by atoms with Crippen molar-refractivity contribution in [3.8, 4) is 5.75 Å². The van der Waals surface area contributed by atoms with Gasteiger partial charge in [0, 0.05) is 24.8 Å². The lowest BCUT2D eigenvalue weighted by molar-refractivity contribution is 0.414. The van der Waals surface area contributed by atoms with E-state index >= 15 is 0 Å². The first-order chi connectivity index (χ1) is 10.0. The smallest absolute Gasteiger partial charge is 0.123 e. The molecule has 0 spiro atoms. The summed E-state index contributed by atoms with van der Waals surface area (Å²) in [5, 5.41) is 7.53. The third-order valence-corrected chi connectivity index (χ3v) is 3.49. The van der Waals surface area contributed by atoms with Crippen molar-refractivity contribution in [1.29, 1.82) is 5.41 Å². The Morgan fingerprint density at radius 2 is 2.00 bits per heavy atom. The molecule has 2 rings (SSSR count). The summed E-state index contributed by atoms with van der Waals surface area (Å²) in [6, 6.07) is 14.0. The molecule has 0 saturated heterocycles. The van der Waals surface area contributed by atoms with E-state index in [0.717, 1.165) is 29.1 Å².